The number of nitrogens with zero attached hydrogens (tertiary/aromatic N) is 1. The standard InChI is InChI=1S/C27H31N5O3/c1-2-23(33)32-16-13-18(14-17-32)22-12-15-30-27(31-22)24(26(29)34)25(28)19-8-10-21(11-9-19)35-20-6-4-3-5-7-20/h2-11,18,22,28,30-31H,1,12-17H2,(H2,29,34)/b27-24+,28-25?/t22-/m0/s1. The molecule has 0 aliphatic carbocycles. The maximum atomic E-state index is 12.4. The number of nitrogens with one attached hydrogen (secondary N) is 3. The van der Waals surface area contributed by atoms with Gasteiger partial charge in [-0.25, -0.2) is 0 Å². The average Bonchev–Trinajstić information content (AvgIpc) is 2.89. The highest BCUT2D eigenvalue weighted by atomic mass is 16.5. The maximum absolute atomic E-state index is 12.4. The molecule has 2 aromatic carbocycles. The van der Waals surface area contributed by atoms with Crippen molar-refractivity contribution >= 4 is 17.5 Å². The largest absolute Gasteiger partial charge is 0.457 e. The van der Waals surface area contributed by atoms with Crippen molar-refractivity contribution in [2.45, 2.75) is 25.3 Å². The molecule has 2 aromatic rings. The lowest BCUT2D eigenvalue weighted by Crippen LogP contribution is -2.51. The molecule has 2 fully saturated rings. The van der Waals surface area contributed by atoms with E-state index in [1.165, 1.54) is 6.08 Å². The fourth-order valence-corrected chi connectivity index (χ4v) is 4.66. The van der Waals surface area contributed by atoms with Crippen molar-refractivity contribution in [3.05, 3.63) is 84.2 Å². The lowest BCUT2D eigenvalue weighted by molar-refractivity contribution is -0.127. The van der Waals surface area contributed by atoms with Gasteiger partial charge in [-0.15, -0.1) is 0 Å². The Bertz CT molecular complexity index is 1120. The van der Waals surface area contributed by atoms with Crippen LogP contribution in [0.15, 0.2) is 78.6 Å². The molecule has 35 heavy (non-hydrogen) atoms. The van der Waals surface area contributed by atoms with Crippen LogP contribution in [0, 0.1) is 11.3 Å². The van der Waals surface area contributed by atoms with Crippen LogP contribution in [-0.2, 0) is 9.59 Å². The highest BCUT2D eigenvalue weighted by Gasteiger charge is 2.31. The quantitative estimate of drug-likeness (QED) is 0.364. The number of hydrogen-bond donors (Lipinski definition) is 4. The lowest BCUT2D eigenvalue weighted by Gasteiger charge is -2.39. The highest BCUT2D eigenvalue weighted by molar-refractivity contribution is 6.26. The number of likely N-dealkylation sites (tertiary alicyclic amines) is 1. The molecule has 2 heterocycles. The number of para-hydroxylation sites is 1. The van der Waals surface area contributed by atoms with Gasteiger partial charge in [0.05, 0.1) is 5.71 Å². The Kier molecular flexibility index (Phi) is 7.50. The van der Waals surface area contributed by atoms with Gasteiger partial charge in [0.1, 0.15) is 22.9 Å². The third-order valence-electron chi connectivity index (χ3n) is 6.55. The zero-order chi connectivity index (χ0) is 24.8. The molecule has 182 valence electrons. The molecule has 0 unspecified atom stereocenters. The number of ether oxygens (including phenoxy) is 1. The van der Waals surface area contributed by atoms with Gasteiger partial charge >= 0.3 is 0 Å². The van der Waals surface area contributed by atoms with E-state index in [-0.39, 0.29) is 23.2 Å². The van der Waals surface area contributed by atoms with Gasteiger partial charge < -0.3 is 26.0 Å². The number of nitrogens with two attached hydrogens (primary N) is 1. The average molecular weight is 474 g/mol. The van der Waals surface area contributed by atoms with Crippen LogP contribution in [0.3, 0.4) is 0 Å². The molecule has 0 aromatic heterocycles. The molecule has 8 nitrogen and oxygen atoms in total. The molecule has 0 bridgehead atoms. The first kappa shape index (κ1) is 24.1. The van der Waals surface area contributed by atoms with Crippen molar-refractivity contribution in [1.29, 1.82) is 5.41 Å². The second-order valence-electron chi connectivity index (χ2n) is 8.76. The predicted molar refractivity (Wildman–Crippen MR) is 135 cm³/mol. The summed E-state index contributed by atoms with van der Waals surface area (Å²) in [4.78, 5) is 26.1. The van der Waals surface area contributed by atoms with Gasteiger partial charge in [-0.2, -0.15) is 0 Å². The third-order valence-corrected chi connectivity index (χ3v) is 6.55. The number of carbonyl (C=O) groups excluding carboxylic acids is 2. The number of benzene rings is 2. The molecule has 8 heteroatoms. The van der Waals surface area contributed by atoms with E-state index < -0.39 is 5.91 Å². The summed E-state index contributed by atoms with van der Waals surface area (Å²) in [6, 6.07) is 16.6. The molecule has 2 aliphatic heterocycles. The van der Waals surface area contributed by atoms with Crippen LogP contribution in [0.5, 0.6) is 11.5 Å². The van der Waals surface area contributed by atoms with Crippen LogP contribution in [0.25, 0.3) is 0 Å². The Morgan fingerprint density at radius 3 is 2.31 bits per heavy atom. The number of amides is 2. The topological polar surface area (TPSA) is 121 Å². The summed E-state index contributed by atoms with van der Waals surface area (Å²) in [5.74, 6) is 1.51. The van der Waals surface area contributed by atoms with Gasteiger partial charge in [-0.1, -0.05) is 24.8 Å². The number of rotatable bonds is 7. The minimum absolute atomic E-state index is 0.0352. The van der Waals surface area contributed by atoms with E-state index in [2.05, 4.69) is 17.2 Å². The fraction of sp³-hybridized carbons (Fsp3) is 0.296. The summed E-state index contributed by atoms with van der Waals surface area (Å²) in [5, 5.41) is 15.4. The summed E-state index contributed by atoms with van der Waals surface area (Å²) in [6.07, 6.45) is 3.98. The van der Waals surface area contributed by atoms with E-state index in [0.29, 0.717) is 42.7 Å². The van der Waals surface area contributed by atoms with E-state index in [0.717, 1.165) is 25.0 Å². The summed E-state index contributed by atoms with van der Waals surface area (Å²) in [7, 11) is 0. The van der Waals surface area contributed by atoms with Crippen molar-refractivity contribution in [2.24, 2.45) is 11.7 Å². The molecule has 2 aliphatic rings. The molecule has 4 rings (SSSR count). The normalized spacial score (nSPS) is 19.7. The molecule has 1 atom stereocenters. The van der Waals surface area contributed by atoms with Crippen molar-refractivity contribution in [2.75, 3.05) is 19.6 Å². The highest BCUT2D eigenvalue weighted by Crippen LogP contribution is 2.26. The van der Waals surface area contributed by atoms with Gasteiger partial charge in [0.2, 0.25) is 5.91 Å². The SMILES string of the molecule is C=CC(=O)N1CCC([C@@H]2CCN/C(=C(/C(=N)c3ccc(Oc4ccccc4)cc3)C(N)=O)N2)CC1. The molecular weight excluding hydrogens is 442 g/mol. The van der Waals surface area contributed by atoms with Crippen LogP contribution in [0.2, 0.25) is 0 Å². The van der Waals surface area contributed by atoms with Crippen LogP contribution < -0.4 is 21.1 Å². The van der Waals surface area contributed by atoms with E-state index in [1.807, 2.05) is 35.2 Å². The van der Waals surface area contributed by atoms with Gasteiger partial charge in [-0.3, -0.25) is 15.0 Å². The molecule has 2 saturated heterocycles. The smallest absolute Gasteiger partial charge is 0.254 e. The third kappa shape index (κ3) is 5.71. The van der Waals surface area contributed by atoms with Gasteiger partial charge in [0, 0.05) is 31.2 Å². The zero-order valence-corrected chi connectivity index (χ0v) is 19.6. The number of primary amides is 1. The molecule has 5 N–H and O–H groups in total. The van der Waals surface area contributed by atoms with Crippen molar-refractivity contribution in [1.82, 2.24) is 15.5 Å². The summed E-state index contributed by atoms with van der Waals surface area (Å²) < 4.78 is 5.82. The molecule has 0 spiro atoms. The van der Waals surface area contributed by atoms with Crippen molar-refractivity contribution in [3.63, 3.8) is 0 Å². The van der Waals surface area contributed by atoms with Gasteiger partial charge in [0.15, 0.2) is 0 Å². The first-order chi connectivity index (χ1) is 17.0. The maximum Gasteiger partial charge on any atom is 0.254 e. The minimum Gasteiger partial charge on any atom is -0.457 e. The van der Waals surface area contributed by atoms with E-state index in [9.17, 15) is 9.59 Å². The number of hydrogen-bond acceptors (Lipinski definition) is 6. The second kappa shape index (κ2) is 10.9. The predicted octanol–water partition coefficient (Wildman–Crippen LogP) is 2.92. The van der Waals surface area contributed by atoms with Crippen molar-refractivity contribution in [3.8, 4) is 11.5 Å². The molecular formula is C27H31N5O3. The monoisotopic (exact) mass is 473 g/mol. The Hall–Kier alpha value is -4.07. The van der Waals surface area contributed by atoms with E-state index in [1.54, 1.807) is 24.3 Å². The van der Waals surface area contributed by atoms with Crippen LogP contribution >= 0.6 is 0 Å². The fourth-order valence-electron chi connectivity index (χ4n) is 4.66. The van der Waals surface area contributed by atoms with Crippen LogP contribution in [0.4, 0.5) is 0 Å². The first-order valence-corrected chi connectivity index (χ1v) is 11.8. The summed E-state index contributed by atoms with van der Waals surface area (Å²) in [6.45, 7) is 5.62. The minimum atomic E-state index is -0.665. The van der Waals surface area contributed by atoms with Gasteiger partial charge in [-0.05, 0) is 67.7 Å². The molecule has 0 radical (unpaired) electrons. The first-order valence-electron chi connectivity index (χ1n) is 11.8. The van der Waals surface area contributed by atoms with Crippen LogP contribution in [-0.4, -0.2) is 48.1 Å². The Morgan fingerprint density at radius 2 is 1.69 bits per heavy atom. The molecule has 0 saturated carbocycles. The summed E-state index contributed by atoms with van der Waals surface area (Å²) >= 11 is 0. The van der Waals surface area contributed by atoms with Crippen molar-refractivity contribution < 1.29 is 14.3 Å². The van der Waals surface area contributed by atoms with Gasteiger partial charge in [0.25, 0.3) is 5.91 Å². The number of piperidine rings is 1. The van der Waals surface area contributed by atoms with Crippen LogP contribution in [0.1, 0.15) is 24.8 Å². The second-order valence-corrected chi connectivity index (χ2v) is 8.76. The molecule has 2 amide bonds. The summed E-state index contributed by atoms with van der Waals surface area (Å²) in [5.41, 5.74) is 6.47. The lowest BCUT2D eigenvalue weighted by atomic mass is 9.86. The van der Waals surface area contributed by atoms with E-state index in [4.69, 9.17) is 15.9 Å². The van der Waals surface area contributed by atoms with E-state index >= 15 is 0 Å². The Morgan fingerprint density at radius 1 is 1.03 bits per heavy atom. The Labute approximate surface area is 205 Å². The zero-order valence-electron chi connectivity index (χ0n) is 19.6. The Balaban J connectivity index is 1.47. The number of carbonyl (C=O) groups is 2.